The number of hydrogen-bond donors (Lipinski definition) is 0. The second-order valence-corrected chi connectivity index (χ2v) is 7.64. The number of halogens is 1. The van der Waals surface area contributed by atoms with Gasteiger partial charge in [-0.05, 0) is 18.3 Å². The maximum absolute atomic E-state index is 11.4. The van der Waals surface area contributed by atoms with Gasteiger partial charge in [0.05, 0.1) is 0 Å². The molecule has 96 valence electrons. The molecular formula is C10H16ClN3O2S. The Morgan fingerprint density at radius 3 is 2.47 bits per heavy atom. The zero-order chi connectivity index (χ0) is 12.8. The molecule has 2 rings (SSSR count). The van der Waals surface area contributed by atoms with Crippen molar-refractivity contribution in [2.75, 3.05) is 0 Å². The third-order valence-corrected chi connectivity index (χ3v) is 4.39. The van der Waals surface area contributed by atoms with Gasteiger partial charge in [-0.3, -0.25) is 0 Å². The van der Waals surface area contributed by atoms with E-state index in [-0.39, 0.29) is 16.5 Å². The van der Waals surface area contributed by atoms with Crippen LogP contribution in [0.3, 0.4) is 0 Å². The molecule has 0 spiro atoms. The monoisotopic (exact) mass is 277 g/mol. The van der Waals surface area contributed by atoms with E-state index in [1.54, 1.807) is 4.57 Å². The highest BCUT2D eigenvalue weighted by atomic mass is 35.7. The van der Waals surface area contributed by atoms with E-state index in [1.807, 2.05) is 6.92 Å². The molecule has 1 atom stereocenters. The molecule has 1 fully saturated rings. The van der Waals surface area contributed by atoms with Crippen LogP contribution in [0.15, 0.2) is 5.16 Å². The standard InChI is InChI=1S/C10H16ClN3O2S/c1-4-5-14-8(7-6-10(7,2)3)12-13-9(14)17(11,15)16/h7H,4-6H2,1-3H3. The van der Waals surface area contributed by atoms with E-state index in [1.165, 1.54) is 0 Å². The molecule has 1 aliphatic rings. The third-order valence-electron chi connectivity index (χ3n) is 3.24. The van der Waals surface area contributed by atoms with Crippen LogP contribution in [0.25, 0.3) is 0 Å². The summed E-state index contributed by atoms with van der Waals surface area (Å²) in [5, 5.41) is 7.61. The molecule has 17 heavy (non-hydrogen) atoms. The largest absolute Gasteiger partial charge is 0.301 e. The first-order valence-electron chi connectivity index (χ1n) is 5.65. The van der Waals surface area contributed by atoms with Crippen LogP contribution in [0, 0.1) is 5.41 Å². The first kappa shape index (κ1) is 12.8. The summed E-state index contributed by atoms with van der Waals surface area (Å²) in [4.78, 5) is 0. The van der Waals surface area contributed by atoms with Crippen LogP contribution in [-0.4, -0.2) is 23.2 Å². The average molecular weight is 278 g/mol. The molecule has 0 radical (unpaired) electrons. The highest BCUT2D eigenvalue weighted by Crippen LogP contribution is 2.58. The smallest absolute Gasteiger partial charge is 0.296 e. The lowest BCUT2D eigenvalue weighted by Gasteiger charge is -2.08. The minimum absolute atomic E-state index is 0.126. The van der Waals surface area contributed by atoms with E-state index in [0.717, 1.165) is 18.7 Å². The number of nitrogens with zero attached hydrogens (tertiary/aromatic N) is 3. The fourth-order valence-corrected chi connectivity index (χ4v) is 3.01. The van der Waals surface area contributed by atoms with Crippen molar-refractivity contribution in [3.8, 4) is 0 Å². The average Bonchev–Trinajstić information content (AvgIpc) is 2.63. The Hall–Kier alpha value is -0.620. The molecule has 1 saturated carbocycles. The Balaban J connectivity index is 2.45. The number of hydrogen-bond acceptors (Lipinski definition) is 4. The van der Waals surface area contributed by atoms with Crippen LogP contribution in [0.5, 0.6) is 0 Å². The van der Waals surface area contributed by atoms with Gasteiger partial charge >= 0.3 is 0 Å². The van der Waals surface area contributed by atoms with Crippen molar-refractivity contribution < 1.29 is 8.42 Å². The molecule has 0 N–H and O–H groups in total. The van der Waals surface area contributed by atoms with Gasteiger partial charge in [-0.1, -0.05) is 20.8 Å². The van der Waals surface area contributed by atoms with Crippen molar-refractivity contribution in [2.24, 2.45) is 5.41 Å². The third kappa shape index (κ3) is 2.33. The summed E-state index contributed by atoms with van der Waals surface area (Å²) in [6.45, 7) is 6.83. The van der Waals surface area contributed by atoms with Gasteiger partial charge in [0, 0.05) is 23.1 Å². The lowest BCUT2D eigenvalue weighted by molar-refractivity contribution is 0.537. The maximum Gasteiger partial charge on any atom is 0.296 e. The highest BCUT2D eigenvalue weighted by Gasteiger charge is 2.50. The van der Waals surface area contributed by atoms with Crippen molar-refractivity contribution >= 4 is 19.7 Å². The molecule has 1 unspecified atom stereocenters. The maximum atomic E-state index is 11.4. The second-order valence-electron chi connectivity index (χ2n) is 5.18. The lowest BCUT2D eigenvalue weighted by atomic mass is 10.1. The second kappa shape index (κ2) is 3.95. The van der Waals surface area contributed by atoms with E-state index in [9.17, 15) is 8.42 Å². The van der Waals surface area contributed by atoms with Crippen molar-refractivity contribution in [2.45, 2.75) is 51.2 Å². The van der Waals surface area contributed by atoms with Crippen LogP contribution in [0.1, 0.15) is 45.4 Å². The molecule has 1 aromatic rings. The fourth-order valence-electron chi connectivity index (χ4n) is 2.08. The number of aromatic nitrogens is 3. The Kier molecular flexibility index (Phi) is 2.98. The van der Waals surface area contributed by atoms with Crippen molar-refractivity contribution in [3.63, 3.8) is 0 Å². The van der Waals surface area contributed by atoms with E-state index >= 15 is 0 Å². The summed E-state index contributed by atoms with van der Waals surface area (Å²) >= 11 is 0. The first-order chi connectivity index (χ1) is 7.77. The normalized spacial score (nSPS) is 22.7. The Bertz CT molecular complexity index is 536. The molecule has 0 amide bonds. The van der Waals surface area contributed by atoms with Crippen molar-refractivity contribution in [3.05, 3.63) is 5.82 Å². The molecule has 0 bridgehead atoms. The Morgan fingerprint density at radius 1 is 1.47 bits per heavy atom. The van der Waals surface area contributed by atoms with E-state index in [0.29, 0.717) is 6.54 Å². The van der Waals surface area contributed by atoms with Crippen LogP contribution < -0.4 is 0 Å². The fraction of sp³-hybridized carbons (Fsp3) is 0.800. The first-order valence-corrected chi connectivity index (χ1v) is 7.96. The van der Waals surface area contributed by atoms with E-state index in [2.05, 4.69) is 24.0 Å². The molecule has 1 aliphatic carbocycles. The molecule has 0 aromatic carbocycles. The van der Waals surface area contributed by atoms with Gasteiger partial charge in [-0.15, -0.1) is 10.2 Å². The summed E-state index contributed by atoms with van der Waals surface area (Å²) < 4.78 is 24.4. The molecule has 5 nitrogen and oxygen atoms in total. The Morgan fingerprint density at radius 2 is 2.06 bits per heavy atom. The van der Waals surface area contributed by atoms with Gasteiger partial charge in [0.2, 0.25) is 0 Å². The SMILES string of the molecule is CCCn1c(C2CC2(C)C)nnc1S(=O)(=O)Cl. The van der Waals surface area contributed by atoms with Crippen molar-refractivity contribution in [1.82, 2.24) is 14.8 Å². The summed E-state index contributed by atoms with van der Waals surface area (Å²) in [5.41, 5.74) is 0.186. The van der Waals surface area contributed by atoms with Gasteiger partial charge in [0.15, 0.2) is 0 Å². The Labute approximate surface area is 106 Å². The van der Waals surface area contributed by atoms with Crippen molar-refractivity contribution in [1.29, 1.82) is 0 Å². The van der Waals surface area contributed by atoms with E-state index < -0.39 is 9.05 Å². The van der Waals surface area contributed by atoms with E-state index in [4.69, 9.17) is 10.7 Å². The summed E-state index contributed by atoms with van der Waals surface area (Å²) in [5.74, 6) is 1.03. The molecule has 1 heterocycles. The lowest BCUT2D eigenvalue weighted by Crippen LogP contribution is -2.10. The van der Waals surface area contributed by atoms with Gasteiger partial charge in [0.1, 0.15) is 5.82 Å². The minimum Gasteiger partial charge on any atom is -0.301 e. The highest BCUT2D eigenvalue weighted by molar-refractivity contribution is 8.13. The quantitative estimate of drug-likeness (QED) is 0.791. The summed E-state index contributed by atoms with van der Waals surface area (Å²) in [6, 6.07) is 0. The van der Waals surface area contributed by atoms with Gasteiger partial charge in [-0.25, -0.2) is 8.42 Å². The molecule has 7 heteroatoms. The van der Waals surface area contributed by atoms with Crippen LogP contribution in [-0.2, 0) is 15.6 Å². The molecule has 1 aromatic heterocycles. The molecule has 0 aliphatic heterocycles. The predicted octanol–water partition coefficient (Wildman–Crippen LogP) is 2.13. The van der Waals surface area contributed by atoms with Crippen LogP contribution in [0.4, 0.5) is 0 Å². The van der Waals surface area contributed by atoms with Crippen LogP contribution in [0.2, 0.25) is 0 Å². The van der Waals surface area contributed by atoms with Gasteiger partial charge in [0.25, 0.3) is 14.2 Å². The summed E-state index contributed by atoms with van der Waals surface area (Å²) in [7, 11) is 1.54. The van der Waals surface area contributed by atoms with Gasteiger partial charge in [-0.2, -0.15) is 0 Å². The minimum atomic E-state index is -3.82. The molecule has 0 saturated heterocycles. The summed E-state index contributed by atoms with van der Waals surface area (Å²) in [6.07, 6.45) is 1.83. The zero-order valence-electron chi connectivity index (χ0n) is 10.1. The van der Waals surface area contributed by atoms with Crippen LogP contribution >= 0.6 is 10.7 Å². The predicted molar refractivity (Wildman–Crippen MR) is 64.5 cm³/mol. The topological polar surface area (TPSA) is 64.8 Å². The molecular weight excluding hydrogens is 262 g/mol. The number of rotatable bonds is 4. The van der Waals surface area contributed by atoms with Gasteiger partial charge < -0.3 is 4.57 Å². The zero-order valence-corrected chi connectivity index (χ0v) is 11.7.